The molecule has 1 spiro atoms. The van der Waals surface area contributed by atoms with Crippen LogP contribution in [-0.2, 0) is 4.74 Å². The Hall–Kier alpha value is -1.33. The molecule has 2 saturated heterocycles. The van der Waals surface area contributed by atoms with Gasteiger partial charge < -0.3 is 19.2 Å². The van der Waals surface area contributed by atoms with Crippen LogP contribution in [0.4, 0.5) is 0 Å². The molecule has 1 aromatic heterocycles. The Morgan fingerprint density at radius 3 is 2.67 bits per heavy atom. The number of nitrogens with zero attached hydrogens (tertiary/aromatic N) is 1. The molecule has 0 saturated carbocycles. The number of likely N-dealkylation sites (tertiary alicyclic amines) is 1. The number of rotatable bonds is 1. The number of hydrogen-bond acceptors (Lipinski definition) is 4. The smallest absolute Gasteiger partial charge is 0.257 e. The van der Waals surface area contributed by atoms with E-state index in [1.165, 1.54) is 0 Å². The number of aliphatic hydroxyl groups is 1. The first-order valence-electron chi connectivity index (χ1n) is 7.67. The van der Waals surface area contributed by atoms with Gasteiger partial charge in [-0.15, -0.1) is 0 Å². The summed E-state index contributed by atoms with van der Waals surface area (Å²) in [6.45, 7) is 5.65. The van der Waals surface area contributed by atoms with Crippen molar-refractivity contribution in [2.75, 3.05) is 19.7 Å². The highest BCUT2D eigenvalue weighted by Crippen LogP contribution is 2.35. The lowest BCUT2D eigenvalue weighted by atomic mass is 9.83. The largest absolute Gasteiger partial charge is 0.466 e. The molecular formula is C16H23NO4. The fraction of sp³-hybridized carbons (Fsp3) is 0.688. The van der Waals surface area contributed by atoms with Crippen molar-refractivity contribution in [1.82, 2.24) is 4.90 Å². The molecule has 2 fully saturated rings. The molecule has 1 amide bonds. The van der Waals surface area contributed by atoms with Crippen molar-refractivity contribution in [3.05, 3.63) is 23.2 Å². The number of aryl methyl sites for hydroxylation is 2. The maximum atomic E-state index is 12.5. The van der Waals surface area contributed by atoms with E-state index in [0.717, 1.165) is 25.0 Å². The van der Waals surface area contributed by atoms with Crippen molar-refractivity contribution in [3.63, 3.8) is 0 Å². The van der Waals surface area contributed by atoms with Crippen LogP contribution < -0.4 is 0 Å². The van der Waals surface area contributed by atoms with Gasteiger partial charge in [0.1, 0.15) is 11.5 Å². The molecule has 116 valence electrons. The minimum absolute atomic E-state index is 0.0376. The van der Waals surface area contributed by atoms with Gasteiger partial charge in [-0.25, -0.2) is 0 Å². The minimum Gasteiger partial charge on any atom is -0.466 e. The predicted octanol–water partition coefficient (Wildman–Crippen LogP) is 2.04. The molecule has 0 aromatic carbocycles. The van der Waals surface area contributed by atoms with Gasteiger partial charge in [0.15, 0.2) is 0 Å². The van der Waals surface area contributed by atoms with Crippen LogP contribution in [0.2, 0.25) is 0 Å². The molecule has 1 N–H and O–H groups in total. The summed E-state index contributed by atoms with van der Waals surface area (Å²) in [7, 11) is 0. The third-order valence-corrected chi connectivity index (χ3v) is 4.70. The lowest BCUT2D eigenvalue weighted by Gasteiger charge is -2.45. The monoisotopic (exact) mass is 293 g/mol. The number of ether oxygens (including phenoxy) is 1. The van der Waals surface area contributed by atoms with Crippen LogP contribution in [0.3, 0.4) is 0 Å². The van der Waals surface area contributed by atoms with Gasteiger partial charge in [0.05, 0.1) is 17.3 Å². The Bertz CT molecular complexity index is 528. The quantitative estimate of drug-likeness (QED) is 0.860. The van der Waals surface area contributed by atoms with Crippen LogP contribution in [0.5, 0.6) is 0 Å². The Kier molecular flexibility index (Phi) is 3.80. The summed E-state index contributed by atoms with van der Waals surface area (Å²) in [5.74, 6) is 1.49. The summed E-state index contributed by atoms with van der Waals surface area (Å²) < 4.78 is 11.4. The number of carbonyl (C=O) groups is 1. The van der Waals surface area contributed by atoms with Gasteiger partial charge in [0.2, 0.25) is 0 Å². The molecule has 1 aromatic rings. The van der Waals surface area contributed by atoms with Gasteiger partial charge in [0, 0.05) is 26.1 Å². The fourth-order valence-electron chi connectivity index (χ4n) is 3.48. The van der Waals surface area contributed by atoms with E-state index in [1.54, 1.807) is 0 Å². The summed E-state index contributed by atoms with van der Waals surface area (Å²) in [6.07, 6.45) is 2.74. The molecule has 0 radical (unpaired) electrons. The van der Waals surface area contributed by atoms with Crippen molar-refractivity contribution in [1.29, 1.82) is 0 Å². The summed E-state index contributed by atoms with van der Waals surface area (Å²) in [4.78, 5) is 14.4. The van der Waals surface area contributed by atoms with Gasteiger partial charge in [-0.05, 0) is 39.2 Å². The van der Waals surface area contributed by atoms with Gasteiger partial charge in [-0.2, -0.15) is 0 Å². The summed E-state index contributed by atoms with van der Waals surface area (Å²) in [5.41, 5.74) is 0.434. The van der Waals surface area contributed by atoms with E-state index < -0.39 is 0 Å². The highest BCUT2D eigenvalue weighted by Gasteiger charge is 2.41. The second-order valence-electron chi connectivity index (χ2n) is 6.30. The number of aliphatic hydroxyl groups excluding tert-OH is 1. The van der Waals surface area contributed by atoms with E-state index in [1.807, 2.05) is 24.8 Å². The summed E-state index contributed by atoms with van der Waals surface area (Å²) in [5, 5.41) is 9.85. The van der Waals surface area contributed by atoms with E-state index in [2.05, 4.69) is 0 Å². The second kappa shape index (κ2) is 5.46. The first kappa shape index (κ1) is 14.6. The first-order chi connectivity index (χ1) is 9.99. The van der Waals surface area contributed by atoms with Crippen LogP contribution in [0.1, 0.15) is 47.6 Å². The van der Waals surface area contributed by atoms with Crippen molar-refractivity contribution < 1.29 is 19.1 Å². The number of amides is 1. The molecule has 21 heavy (non-hydrogen) atoms. The van der Waals surface area contributed by atoms with Gasteiger partial charge in [-0.3, -0.25) is 4.79 Å². The molecule has 5 heteroatoms. The Morgan fingerprint density at radius 2 is 2.10 bits per heavy atom. The summed E-state index contributed by atoms with van der Waals surface area (Å²) >= 11 is 0. The molecule has 3 heterocycles. The highest BCUT2D eigenvalue weighted by atomic mass is 16.5. The topological polar surface area (TPSA) is 62.9 Å². The third kappa shape index (κ3) is 2.85. The maximum Gasteiger partial charge on any atom is 0.257 e. The van der Waals surface area contributed by atoms with Crippen molar-refractivity contribution in [2.24, 2.45) is 0 Å². The average molecular weight is 293 g/mol. The number of hydrogen-bond donors (Lipinski definition) is 1. The van der Waals surface area contributed by atoms with Crippen LogP contribution in [0.15, 0.2) is 10.5 Å². The zero-order valence-corrected chi connectivity index (χ0v) is 12.7. The molecule has 2 aliphatic rings. The van der Waals surface area contributed by atoms with Crippen molar-refractivity contribution >= 4 is 5.91 Å². The molecule has 2 aliphatic heterocycles. The zero-order valence-electron chi connectivity index (χ0n) is 12.7. The normalized spacial score (nSPS) is 25.3. The Morgan fingerprint density at radius 1 is 1.38 bits per heavy atom. The van der Waals surface area contributed by atoms with Crippen LogP contribution >= 0.6 is 0 Å². The SMILES string of the molecule is Cc1cc(C(=O)N2CCC3(CC2)CC(O)CCO3)c(C)o1. The lowest BCUT2D eigenvalue weighted by Crippen LogP contribution is -2.51. The number of piperidine rings is 1. The average Bonchev–Trinajstić information content (AvgIpc) is 2.78. The summed E-state index contributed by atoms with van der Waals surface area (Å²) in [6, 6.07) is 1.81. The van der Waals surface area contributed by atoms with Gasteiger partial charge in [0.25, 0.3) is 5.91 Å². The number of furan rings is 1. The van der Waals surface area contributed by atoms with Crippen LogP contribution in [0, 0.1) is 13.8 Å². The lowest BCUT2D eigenvalue weighted by molar-refractivity contribution is -0.139. The van der Waals surface area contributed by atoms with Crippen molar-refractivity contribution in [2.45, 2.75) is 51.2 Å². The molecule has 0 aliphatic carbocycles. The molecule has 3 rings (SSSR count). The Labute approximate surface area is 124 Å². The fourth-order valence-corrected chi connectivity index (χ4v) is 3.48. The Balaban J connectivity index is 1.65. The maximum absolute atomic E-state index is 12.5. The first-order valence-corrected chi connectivity index (χ1v) is 7.67. The molecular weight excluding hydrogens is 270 g/mol. The second-order valence-corrected chi connectivity index (χ2v) is 6.30. The van der Waals surface area contributed by atoms with E-state index in [-0.39, 0.29) is 17.6 Å². The third-order valence-electron chi connectivity index (χ3n) is 4.70. The molecule has 1 unspecified atom stereocenters. The molecule has 1 atom stereocenters. The van der Waals surface area contributed by atoms with Gasteiger partial charge in [-0.1, -0.05) is 0 Å². The zero-order chi connectivity index (χ0) is 15.0. The van der Waals surface area contributed by atoms with E-state index >= 15 is 0 Å². The molecule has 5 nitrogen and oxygen atoms in total. The highest BCUT2D eigenvalue weighted by molar-refractivity contribution is 5.95. The van der Waals surface area contributed by atoms with Crippen LogP contribution in [0.25, 0.3) is 0 Å². The number of carbonyl (C=O) groups excluding carboxylic acids is 1. The molecule has 0 bridgehead atoms. The van der Waals surface area contributed by atoms with Gasteiger partial charge >= 0.3 is 0 Å². The standard InChI is InChI=1S/C16H23NO4/c1-11-9-14(12(2)21-11)15(19)17-6-4-16(5-7-17)10-13(18)3-8-20-16/h9,13,18H,3-8,10H2,1-2H3. The van der Waals surface area contributed by atoms with Crippen molar-refractivity contribution in [3.8, 4) is 0 Å². The van der Waals surface area contributed by atoms with E-state index in [0.29, 0.717) is 37.4 Å². The van der Waals surface area contributed by atoms with E-state index in [9.17, 15) is 9.90 Å². The van der Waals surface area contributed by atoms with Crippen LogP contribution in [-0.4, -0.2) is 47.3 Å². The van der Waals surface area contributed by atoms with E-state index in [4.69, 9.17) is 9.15 Å². The predicted molar refractivity (Wildman–Crippen MR) is 77.2 cm³/mol. The minimum atomic E-state index is -0.264.